The molecule has 1 rings (SSSR count). The lowest BCUT2D eigenvalue weighted by molar-refractivity contribution is 0.0934. The summed E-state index contributed by atoms with van der Waals surface area (Å²) in [5.74, 6) is 0.634. The molecule has 0 aromatic carbocycles. The second-order valence-electron chi connectivity index (χ2n) is 4.07. The Morgan fingerprint density at radius 3 is 2.89 bits per heavy atom. The predicted molar refractivity (Wildman–Crippen MR) is 72.2 cm³/mol. The van der Waals surface area contributed by atoms with Crippen molar-refractivity contribution in [2.75, 3.05) is 32.6 Å². The van der Waals surface area contributed by atoms with E-state index in [-0.39, 0.29) is 11.8 Å². The van der Waals surface area contributed by atoms with Gasteiger partial charge in [-0.15, -0.1) is 0 Å². The number of carbonyl (C=O) groups is 1. The van der Waals surface area contributed by atoms with E-state index in [0.717, 1.165) is 0 Å². The van der Waals surface area contributed by atoms with Gasteiger partial charge >= 0.3 is 0 Å². The van der Waals surface area contributed by atoms with Gasteiger partial charge in [0.1, 0.15) is 5.82 Å². The van der Waals surface area contributed by atoms with Crippen molar-refractivity contribution in [3.8, 4) is 0 Å². The highest BCUT2D eigenvalue weighted by atomic mass is 35.5. The summed E-state index contributed by atoms with van der Waals surface area (Å²) in [5, 5.41) is 6.07. The van der Waals surface area contributed by atoms with Crippen LogP contribution in [0.5, 0.6) is 0 Å². The normalized spacial score (nSPS) is 12.0. The van der Waals surface area contributed by atoms with Crippen LogP contribution in [0.15, 0.2) is 12.3 Å². The minimum absolute atomic E-state index is 0.185. The van der Waals surface area contributed by atoms with Crippen LogP contribution in [-0.2, 0) is 4.74 Å². The summed E-state index contributed by atoms with van der Waals surface area (Å²) < 4.78 is 5.00. The number of amides is 1. The fourth-order valence-electron chi connectivity index (χ4n) is 1.46. The van der Waals surface area contributed by atoms with E-state index in [4.69, 9.17) is 16.3 Å². The lowest BCUT2D eigenvalue weighted by Crippen LogP contribution is -2.30. The van der Waals surface area contributed by atoms with Gasteiger partial charge < -0.3 is 15.4 Å². The largest absolute Gasteiger partial charge is 0.384 e. The smallest absolute Gasteiger partial charge is 0.252 e. The third kappa shape index (κ3) is 4.16. The zero-order valence-electron chi connectivity index (χ0n) is 10.8. The van der Waals surface area contributed by atoms with Gasteiger partial charge in [0.05, 0.1) is 17.2 Å². The van der Waals surface area contributed by atoms with E-state index in [1.807, 2.05) is 6.92 Å². The third-order valence-electron chi connectivity index (χ3n) is 2.40. The number of halogens is 1. The SMILES string of the molecule is CNc1ncc(C(=O)NCC(C)COC)cc1Cl. The van der Waals surface area contributed by atoms with Gasteiger partial charge in [-0.05, 0) is 12.0 Å². The molecule has 0 spiro atoms. The molecule has 0 saturated heterocycles. The molecule has 6 heteroatoms. The summed E-state index contributed by atoms with van der Waals surface area (Å²) in [6.45, 7) is 3.16. The van der Waals surface area contributed by atoms with Gasteiger partial charge in [0.15, 0.2) is 0 Å². The molecule has 0 aliphatic heterocycles. The van der Waals surface area contributed by atoms with Crippen LogP contribution in [0.25, 0.3) is 0 Å². The molecule has 18 heavy (non-hydrogen) atoms. The average Bonchev–Trinajstić information content (AvgIpc) is 2.36. The van der Waals surface area contributed by atoms with Gasteiger partial charge in [0.2, 0.25) is 0 Å². The van der Waals surface area contributed by atoms with Crippen LogP contribution in [0.3, 0.4) is 0 Å². The van der Waals surface area contributed by atoms with E-state index >= 15 is 0 Å². The quantitative estimate of drug-likeness (QED) is 0.828. The fourth-order valence-corrected chi connectivity index (χ4v) is 1.72. The van der Waals surface area contributed by atoms with Crippen LogP contribution in [0.1, 0.15) is 17.3 Å². The van der Waals surface area contributed by atoms with Gasteiger partial charge in [-0.3, -0.25) is 4.79 Å². The fraction of sp³-hybridized carbons (Fsp3) is 0.500. The van der Waals surface area contributed by atoms with Crippen LogP contribution in [0.4, 0.5) is 5.82 Å². The van der Waals surface area contributed by atoms with Gasteiger partial charge in [-0.25, -0.2) is 4.98 Å². The highest BCUT2D eigenvalue weighted by Crippen LogP contribution is 2.19. The van der Waals surface area contributed by atoms with Crippen molar-refractivity contribution in [1.82, 2.24) is 10.3 Å². The first-order valence-corrected chi connectivity index (χ1v) is 6.06. The molecular weight excluding hydrogens is 254 g/mol. The average molecular weight is 272 g/mol. The number of nitrogens with one attached hydrogen (secondary N) is 2. The Bertz CT molecular complexity index is 412. The van der Waals surface area contributed by atoms with Crippen LogP contribution in [0, 0.1) is 5.92 Å². The van der Waals surface area contributed by atoms with Crippen molar-refractivity contribution >= 4 is 23.3 Å². The Balaban J connectivity index is 2.59. The zero-order valence-corrected chi connectivity index (χ0v) is 11.5. The van der Waals surface area contributed by atoms with Crippen molar-refractivity contribution in [1.29, 1.82) is 0 Å². The van der Waals surface area contributed by atoms with Crippen molar-refractivity contribution < 1.29 is 9.53 Å². The molecule has 0 aliphatic carbocycles. The van der Waals surface area contributed by atoms with Crippen LogP contribution in [-0.4, -0.2) is 38.2 Å². The molecule has 5 nitrogen and oxygen atoms in total. The lowest BCUT2D eigenvalue weighted by Gasteiger charge is -2.11. The molecule has 0 aliphatic rings. The number of rotatable bonds is 6. The molecule has 0 saturated carbocycles. The Kier molecular flexibility index (Phi) is 5.88. The standard InChI is InChI=1S/C12H18ClN3O2/c1-8(7-18-3)5-16-12(17)9-4-10(13)11(14-2)15-6-9/h4,6,8H,5,7H2,1-3H3,(H,14,15)(H,16,17). The molecule has 100 valence electrons. The van der Waals surface area contributed by atoms with E-state index in [1.165, 1.54) is 6.20 Å². The van der Waals surface area contributed by atoms with Crippen LogP contribution in [0.2, 0.25) is 5.02 Å². The van der Waals surface area contributed by atoms with E-state index in [1.54, 1.807) is 20.2 Å². The Morgan fingerprint density at radius 2 is 2.33 bits per heavy atom. The summed E-state index contributed by atoms with van der Waals surface area (Å²) >= 11 is 5.96. The number of aromatic nitrogens is 1. The highest BCUT2D eigenvalue weighted by Gasteiger charge is 2.10. The molecule has 1 atom stereocenters. The summed E-state index contributed by atoms with van der Waals surface area (Å²) in [6, 6.07) is 1.59. The van der Waals surface area contributed by atoms with Crippen molar-refractivity contribution in [3.63, 3.8) is 0 Å². The second kappa shape index (κ2) is 7.18. The lowest BCUT2D eigenvalue weighted by atomic mass is 10.2. The topological polar surface area (TPSA) is 63.2 Å². The molecule has 1 heterocycles. The van der Waals surface area contributed by atoms with Gasteiger partial charge in [0.25, 0.3) is 5.91 Å². The summed E-state index contributed by atoms with van der Waals surface area (Å²) in [5.41, 5.74) is 0.448. The Labute approximate surface area is 112 Å². The minimum atomic E-state index is -0.185. The third-order valence-corrected chi connectivity index (χ3v) is 2.69. The molecule has 0 fully saturated rings. The minimum Gasteiger partial charge on any atom is -0.384 e. The first kappa shape index (κ1) is 14.7. The van der Waals surface area contributed by atoms with Crippen LogP contribution >= 0.6 is 11.6 Å². The number of pyridine rings is 1. The van der Waals surface area contributed by atoms with E-state index in [0.29, 0.717) is 29.6 Å². The number of hydrogen-bond acceptors (Lipinski definition) is 4. The maximum absolute atomic E-state index is 11.8. The van der Waals surface area contributed by atoms with Crippen molar-refractivity contribution in [2.24, 2.45) is 5.92 Å². The molecule has 1 unspecified atom stereocenters. The predicted octanol–water partition coefficient (Wildman–Crippen LogP) is 1.79. The number of anilines is 1. The van der Waals surface area contributed by atoms with Gasteiger partial charge in [-0.1, -0.05) is 18.5 Å². The molecule has 1 amide bonds. The monoisotopic (exact) mass is 271 g/mol. The van der Waals surface area contributed by atoms with Gasteiger partial charge in [-0.2, -0.15) is 0 Å². The zero-order chi connectivity index (χ0) is 13.5. The summed E-state index contributed by atoms with van der Waals surface area (Å²) in [4.78, 5) is 15.9. The van der Waals surface area contributed by atoms with E-state index in [9.17, 15) is 4.79 Å². The summed E-state index contributed by atoms with van der Waals surface area (Å²) in [7, 11) is 3.36. The van der Waals surface area contributed by atoms with Crippen molar-refractivity contribution in [2.45, 2.75) is 6.92 Å². The molecule has 1 aromatic rings. The highest BCUT2D eigenvalue weighted by molar-refractivity contribution is 6.33. The first-order valence-electron chi connectivity index (χ1n) is 5.69. The number of ether oxygens (including phenoxy) is 1. The Hall–Kier alpha value is -1.33. The molecular formula is C12H18ClN3O2. The van der Waals surface area contributed by atoms with Gasteiger partial charge in [0, 0.05) is 26.9 Å². The number of methoxy groups -OCH3 is 1. The summed E-state index contributed by atoms with van der Waals surface area (Å²) in [6.07, 6.45) is 1.49. The Morgan fingerprint density at radius 1 is 1.61 bits per heavy atom. The molecule has 0 radical (unpaired) electrons. The maximum atomic E-state index is 11.8. The first-order chi connectivity index (χ1) is 8.58. The van der Waals surface area contributed by atoms with E-state index in [2.05, 4.69) is 15.6 Å². The number of nitrogens with zero attached hydrogens (tertiary/aromatic N) is 1. The number of carbonyl (C=O) groups excluding carboxylic acids is 1. The molecule has 0 bridgehead atoms. The molecule has 1 aromatic heterocycles. The molecule has 2 N–H and O–H groups in total. The maximum Gasteiger partial charge on any atom is 0.252 e. The van der Waals surface area contributed by atoms with E-state index < -0.39 is 0 Å². The van der Waals surface area contributed by atoms with Crippen molar-refractivity contribution in [3.05, 3.63) is 22.8 Å². The number of hydrogen-bond donors (Lipinski definition) is 2. The van der Waals surface area contributed by atoms with Crippen LogP contribution < -0.4 is 10.6 Å². The second-order valence-corrected chi connectivity index (χ2v) is 4.48.